The van der Waals surface area contributed by atoms with Crippen LogP contribution in [0.1, 0.15) is 31.3 Å². The van der Waals surface area contributed by atoms with Gasteiger partial charge in [-0.25, -0.2) is 0 Å². The van der Waals surface area contributed by atoms with Gasteiger partial charge in [0, 0.05) is 32.9 Å². The van der Waals surface area contributed by atoms with Crippen molar-refractivity contribution in [2.45, 2.75) is 20.1 Å². The lowest BCUT2D eigenvalue weighted by molar-refractivity contribution is -0.140. The molecule has 0 aliphatic carbocycles. The van der Waals surface area contributed by atoms with E-state index >= 15 is 0 Å². The maximum Gasteiger partial charge on any atom is 0.289 e. The van der Waals surface area contributed by atoms with Crippen LogP contribution in [0.15, 0.2) is 34.8 Å². The molecule has 0 spiro atoms. The molecule has 0 unspecified atom stereocenters. The second kappa shape index (κ2) is 10.3. The minimum Gasteiger partial charge on any atom is -0.369 e. The third-order valence-corrected chi connectivity index (χ3v) is 2.91. The van der Waals surface area contributed by atoms with Gasteiger partial charge in [0.1, 0.15) is 11.6 Å². The normalized spacial score (nSPS) is 11.8. The molecule has 0 heterocycles. The monoisotopic (exact) mass is 329 g/mol. The fourth-order valence-electron chi connectivity index (χ4n) is 1.84. The molecular weight excluding hydrogens is 306 g/mol. The predicted molar refractivity (Wildman–Crippen MR) is 93.2 cm³/mol. The van der Waals surface area contributed by atoms with Gasteiger partial charge >= 0.3 is 0 Å². The predicted octanol–water partition coefficient (Wildman–Crippen LogP) is 2.78. The van der Waals surface area contributed by atoms with Crippen LogP contribution in [0.3, 0.4) is 0 Å². The van der Waals surface area contributed by atoms with Gasteiger partial charge in [-0.1, -0.05) is 24.3 Å². The minimum atomic E-state index is -0.572. The van der Waals surface area contributed by atoms with Crippen LogP contribution in [0.5, 0.6) is 0 Å². The Labute approximate surface area is 143 Å². The Kier molecular flexibility index (Phi) is 8.41. The zero-order chi connectivity index (χ0) is 17.9. The van der Waals surface area contributed by atoms with Gasteiger partial charge in [0.05, 0.1) is 6.34 Å². The third-order valence-electron chi connectivity index (χ3n) is 2.91. The first-order chi connectivity index (χ1) is 11.5. The lowest BCUT2D eigenvalue weighted by Crippen LogP contribution is -2.10. The lowest BCUT2D eigenvalue weighted by Gasteiger charge is -2.17. The molecule has 6 heteroatoms. The summed E-state index contributed by atoms with van der Waals surface area (Å²) in [6.45, 7) is 4.90. The summed E-state index contributed by atoms with van der Waals surface area (Å²) in [5.41, 5.74) is 1.59. The SMILES string of the molecule is CCOC(OCC)c1ccc(/C=C(\C#N)C(=O)N=CN(C)C)cc1. The Morgan fingerprint density at radius 1 is 1.25 bits per heavy atom. The Bertz CT molecular complexity index is 622. The van der Waals surface area contributed by atoms with Crippen molar-refractivity contribution in [2.75, 3.05) is 27.3 Å². The molecule has 128 valence electrons. The first kappa shape index (κ1) is 19.6. The highest BCUT2D eigenvalue weighted by molar-refractivity contribution is 6.04. The van der Waals surface area contributed by atoms with Crippen LogP contribution >= 0.6 is 0 Å². The van der Waals surface area contributed by atoms with E-state index in [4.69, 9.17) is 14.7 Å². The van der Waals surface area contributed by atoms with E-state index < -0.39 is 12.2 Å². The van der Waals surface area contributed by atoms with Crippen molar-refractivity contribution in [3.63, 3.8) is 0 Å². The number of amides is 1. The van der Waals surface area contributed by atoms with Gasteiger partial charge in [0.2, 0.25) is 0 Å². The van der Waals surface area contributed by atoms with E-state index in [9.17, 15) is 4.79 Å². The highest BCUT2D eigenvalue weighted by atomic mass is 16.7. The molecule has 0 saturated heterocycles. The molecule has 24 heavy (non-hydrogen) atoms. The van der Waals surface area contributed by atoms with Gasteiger partial charge in [0.25, 0.3) is 5.91 Å². The van der Waals surface area contributed by atoms with Gasteiger partial charge in [-0.3, -0.25) is 4.79 Å². The number of nitriles is 1. The Morgan fingerprint density at radius 2 is 1.83 bits per heavy atom. The van der Waals surface area contributed by atoms with Crippen molar-refractivity contribution in [2.24, 2.45) is 4.99 Å². The molecule has 0 saturated carbocycles. The van der Waals surface area contributed by atoms with Crippen molar-refractivity contribution in [1.82, 2.24) is 4.90 Å². The van der Waals surface area contributed by atoms with Crippen LogP contribution < -0.4 is 0 Å². The largest absolute Gasteiger partial charge is 0.369 e. The molecular formula is C18H23N3O3. The summed E-state index contributed by atoms with van der Waals surface area (Å²) in [5.74, 6) is -0.572. The Morgan fingerprint density at radius 3 is 2.29 bits per heavy atom. The number of nitrogens with zero attached hydrogens (tertiary/aromatic N) is 3. The third kappa shape index (κ3) is 6.32. The number of ether oxygens (including phenoxy) is 2. The fraction of sp³-hybridized carbons (Fsp3) is 0.389. The van der Waals surface area contributed by atoms with Crippen molar-refractivity contribution >= 4 is 18.3 Å². The van der Waals surface area contributed by atoms with Crippen LogP contribution in [0.25, 0.3) is 6.08 Å². The smallest absolute Gasteiger partial charge is 0.289 e. The molecule has 0 atom stereocenters. The highest BCUT2D eigenvalue weighted by Crippen LogP contribution is 2.20. The summed E-state index contributed by atoms with van der Waals surface area (Å²) < 4.78 is 11.1. The van der Waals surface area contributed by atoms with E-state index in [2.05, 4.69) is 4.99 Å². The Balaban J connectivity index is 2.94. The van der Waals surface area contributed by atoms with E-state index in [0.717, 1.165) is 11.1 Å². The molecule has 1 aromatic carbocycles. The number of carbonyl (C=O) groups excluding carboxylic acids is 1. The minimum absolute atomic E-state index is 0.0213. The highest BCUT2D eigenvalue weighted by Gasteiger charge is 2.11. The second-order valence-corrected chi connectivity index (χ2v) is 5.09. The molecule has 1 rings (SSSR count). The summed E-state index contributed by atoms with van der Waals surface area (Å²) >= 11 is 0. The fourth-order valence-corrected chi connectivity index (χ4v) is 1.84. The number of aliphatic imine (C=N–C) groups is 1. The van der Waals surface area contributed by atoms with E-state index in [1.54, 1.807) is 31.1 Å². The molecule has 0 radical (unpaired) electrons. The first-order valence-electron chi connectivity index (χ1n) is 7.71. The first-order valence-corrected chi connectivity index (χ1v) is 7.71. The van der Waals surface area contributed by atoms with Crippen LogP contribution in [-0.2, 0) is 14.3 Å². The van der Waals surface area contributed by atoms with Crippen LogP contribution in [0.2, 0.25) is 0 Å². The molecule has 0 bridgehead atoms. The quantitative estimate of drug-likeness (QED) is 0.241. The molecule has 0 aromatic heterocycles. The summed E-state index contributed by atoms with van der Waals surface area (Å²) in [5, 5.41) is 9.14. The average Bonchev–Trinajstić information content (AvgIpc) is 2.58. The van der Waals surface area contributed by atoms with Crippen molar-refractivity contribution in [3.8, 4) is 6.07 Å². The van der Waals surface area contributed by atoms with E-state index in [-0.39, 0.29) is 5.57 Å². The summed E-state index contributed by atoms with van der Waals surface area (Å²) in [6.07, 6.45) is 2.46. The van der Waals surface area contributed by atoms with Crippen LogP contribution in [0, 0.1) is 11.3 Å². The van der Waals surface area contributed by atoms with Gasteiger partial charge in [-0.15, -0.1) is 0 Å². The van der Waals surface area contributed by atoms with E-state index in [1.165, 1.54) is 12.4 Å². The lowest BCUT2D eigenvalue weighted by atomic mass is 10.1. The summed E-state index contributed by atoms with van der Waals surface area (Å²) in [7, 11) is 3.50. The molecule has 1 aromatic rings. The zero-order valence-corrected chi connectivity index (χ0v) is 14.5. The number of carbonyl (C=O) groups is 1. The van der Waals surface area contributed by atoms with E-state index in [0.29, 0.717) is 13.2 Å². The van der Waals surface area contributed by atoms with Gasteiger partial charge in [0.15, 0.2) is 6.29 Å². The molecule has 0 aliphatic heterocycles. The average molecular weight is 329 g/mol. The number of hydrogen-bond donors (Lipinski definition) is 0. The maximum absolute atomic E-state index is 11.9. The topological polar surface area (TPSA) is 74.9 Å². The number of rotatable bonds is 8. The van der Waals surface area contributed by atoms with E-state index in [1.807, 2.05) is 32.0 Å². The number of benzene rings is 1. The molecule has 6 nitrogen and oxygen atoms in total. The molecule has 1 amide bonds. The molecule has 0 aliphatic rings. The summed E-state index contributed by atoms with van der Waals surface area (Å²) in [6, 6.07) is 9.20. The zero-order valence-electron chi connectivity index (χ0n) is 14.5. The Hall–Kier alpha value is -2.49. The van der Waals surface area contributed by atoms with Crippen LogP contribution in [0.4, 0.5) is 0 Å². The second-order valence-electron chi connectivity index (χ2n) is 5.09. The standard InChI is InChI=1S/C18H23N3O3/c1-5-23-18(24-6-2)15-9-7-14(8-10-15)11-16(12-19)17(22)20-13-21(3)4/h7-11,13,18H,5-6H2,1-4H3/b16-11+,20-13?. The maximum atomic E-state index is 11.9. The molecule has 0 N–H and O–H groups in total. The van der Waals surface area contributed by atoms with Crippen molar-refractivity contribution in [3.05, 3.63) is 41.0 Å². The van der Waals surface area contributed by atoms with Gasteiger partial charge in [-0.2, -0.15) is 10.3 Å². The van der Waals surface area contributed by atoms with Crippen molar-refractivity contribution < 1.29 is 14.3 Å². The van der Waals surface area contributed by atoms with Gasteiger partial charge in [-0.05, 0) is 25.5 Å². The molecule has 0 fully saturated rings. The van der Waals surface area contributed by atoms with Crippen molar-refractivity contribution in [1.29, 1.82) is 5.26 Å². The van der Waals surface area contributed by atoms with Crippen LogP contribution in [-0.4, -0.2) is 44.5 Å². The van der Waals surface area contributed by atoms with Gasteiger partial charge < -0.3 is 14.4 Å². The summed E-state index contributed by atoms with van der Waals surface area (Å²) in [4.78, 5) is 17.2. The number of hydrogen-bond acceptors (Lipinski definition) is 4.